The van der Waals surface area contributed by atoms with Crippen molar-refractivity contribution in [1.82, 2.24) is 14.5 Å². The molecular weight excluding hydrogens is 452 g/mol. The number of fused-ring (bicyclic) bond motifs is 2. The minimum atomic E-state index is -0.398. The van der Waals surface area contributed by atoms with Crippen LogP contribution in [0.1, 0.15) is 28.9 Å². The summed E-state index contributed by atoms with van der Waals surface area (Å²) in [6.45, 7) is 6.61. The summed E-state index contributed by atoms with van der Waals surface area (Å²) in [5.74, 6) is 1.74. The lowest BCUT2D eigenvalue weighted by Gasteiger charge is -2.14. The highest BCUT2D eigenvalue weighted by atomic mass is 16.7. The van der Waals surface area contributed by atoms with Crippen molar-refractivity contribution in [1.29, 1.82) is 0 Å². The first-order chi connectivity index (χ1) is 17.5. The van der Waals surface area contributed by atoms with Crippen molar-refractivity contribution in [2.75, 3.05) is 26.1 Å². The fraction of sp³-hybridized carbons (Fsp3) is 0.286. The largest absolute Gasteiger partial charge is 0.354 e. The van der Waals surface area contributed by atoms with Crippen LogP contribution in [0.15, 0.2) is 64.8 Å². The molecule has 1 aliphatic heterocycles. The van der Waals surface area contributed by atoms with Crippen LogP contribution < -0.4 is 5.32 Å². The van der Waals surface area contributed by atoms with Crippen LogP contribution in [0, 0.1) is 20.8 Å². The highest BCUT2D eigenvalue weighted by Crippen LogP contribution is 2.32. The second kappa shape index (κ2) is 10.0. The van der Waals surface area contributed by atoms with Crippen LogP contribution in [-0.2, 0) is 9.47 Å². The van der Waals surface area contributed by atoms with Gasteiger partial charge in [-0.3, -0.25) is 19.5 Å². The number of imidazole rings is 1. The predicted octanol–water partition coefficient (Wildman–Crippen LogP) is 5.30. The van der Waals surface area contributed by atoms with Crippen molar-refractivity contribution in [3.63, 3.8) is 0 Å². The van der Waals surface area contributed by atoms with E-state index in [-0.39, 0.29) is 0 Å². The first kappa shape index (κ1) is 23.8. The van der Waals surface area contributed by atoms with E-state index < -0.39 is 6.29 Å². The second-order valence-corrected chi connectivity index (χ2v) is 8.91. The number of aryl methyl sites for hydroxylation is 3. The van der Waals surface area contributed by atoms with E-state index in [1.54, 1.807) is 26.6 Å². The summed E-state index contributed by atoms with van der Waals surface area (Å²) in [4.78, 5) is 18.7. The van der Waals surface area contributed by atoms with E-state index in [1.807, 2.05) is 13.0 Å². The lowest BCUT2D eigenvalue weighted by atomic mass is 10.1. The molecule has 2 aromatic carbocycles. The number of ether oxygens (including phenoxy) is 2. The van der Waals surface area contributed by atoms with Gasteiger partial charge in [0.1, 0.15) is 17.2 Å². The van der Waals surface area contributed by atoms with Crippen molar-refractivity contribution < 1.29 is 9.47 Å². The molecular formula is C28H30N6O2. The number of aromatic nitrogens is 3. The summed E-state index contributed by atoms with van der Waals surface area (Å²) in [6.07, 6.45) is 3.75. The van der Waals surface area contributed by atoms with Crippen LogP contribution >= 0.6 is 0 Å². The van der Waals surface area contributed by atoms with Gasteiger partial charge in [-0.2, -0.15) is 0 Å². The van der Waals surface area contributed by atoms with Gasteiger partial charge in [0.05, 0.1) is 35.3 Å². The number of hydrogen-bond donors (Lipinski definition) is 1. The third kappa shape index (κ3) is 4.65. The maximum absolute atomic E-state index is 5.33. The van der Waals surface area contributed by atoms with Gasteiger partial charge < -0.3 is 14.8 Å². The summed E-state index contributed by atoms with van der Waals surface area (Å²) in [5.41, 5.74) is 9.19. The van der Waals surface area contributed by atoms with Crippen LogP contribution in [-0.4, -0.2) is 53.1 Å². The molecule has 2 aromatic heterocycles. The Bertz CT molecular complexity index is 1470. The van der Waals surface area contributed by atoms with E-state index in [4.69, 9.17) is 19.5 Å². The zero-order chi connectivity index (χ0) is 25.2. The zero-order valence-electron chi connectivity index (χ0n) is 21.2. The predicted molar refractivity (Wildman–Crippen MR) is 144 cm³/mol. The lowest BCUT2D eigenvalue weighted by molar-refractivity contribution is -0.0936. The summed E-state index contributed by atoms with van der Waals surface area (Å²) < 4.78 is 12.8. The Morgan fingerprint density at radius 3 is 2.53 bits per heavy atom. The molecule has 0 fully saturated rings. The standard InChI is InChI=1S/C28H30N6O2/c1-17-12-23-24(13-18(17)2)33-27(30-16-28(35-4)36-5)14-22(32-23)20-6-8-21(9-7-20)34-19(3)31-25-15-29-11-10-26(25)34/h6-13,15,28H,14,16H2,1-5H3,(H,30,33). The van der Waals surface area contributed by atoms with Crippen molar-refractivity contribution in [2.24, 2.45) is 9.98 Å². The summed E-state index contributed by atoms with van der Waals surface area (Å²) >= 11 is 0. The fourth-order valence-corrected chi connectivity index (χ4v) is 4.41. The zero-order valence-corrected chi connectivity index (χ0v) is 21.2. The van der Waals surface area contributed by atoms with Crippen molar-refractivity contribution in [2.45, 2.75) is 33.5 Å². The average Bonchev–Trinajstić information content (AvgIpc) is 3.12. The maximum Gasteiger partial charge on any atom is 0.176 e. The molecule has 0 bridgehead atoms. The van der Waals surface area contributed by atoms with E-state index in [0.717, 1.165) is 51.0 Å². The molecule has 36 heavy (non-hydrogen) atoms. The molecule has 4 aromatic rings. The van der Waals surface area contributed by atoms with E-state index in [2.05, 4.69) is 70.1 Å². The molecule has 184 valence electrons. The topological polar surface area (TPSA) is 85.9 Å². The second-order valence-electron chi connectivity index (χ2n) is 8.91. The minimum Gasteiger partial charge on any atom is -0.354 e. The number of benzene rings is 2. The Labute approximate surface area is 210 Å². The molecule has 0 aliphatic carbocycles. The van der Waals surface area contributed by atoms with Gasteiger partial charge in [-0.25, -0.2) is 4.98 Å². The third-order valence-corrected chi connectivity index (χ3v) is 6.52. The normalized spacial score (nSPS) is 14.6. The van der Waals surface area contributed by atoms with E-state index in [0.29, 0.717) is 13.0 Å². The summed E-state index contributed by atoms with van der Waals surface area (Å²) in [7, 11) is 3.24. The number of nitrogens with one attached hydrogen (secondary N) is 1. The van der Waals surface area contributed by atoms with Crippen LogP contribution in [0.25, 0.3) is 16.7 Å². The van der Waals surface area contributed by atoms with Gasteiger partial charge in [0.15, 0.2) is 6.29 Å². The summed E-state index contributed by atoms with van der Waals surface area (Å²) in [6, 6.07) is 14.7. The molecule has 0 unspecified atom stereocenters. The number of anilines is 1. The number of amidine groups is 1. The number of nitrogens with zero attached hydrogens (tertiary/aromatic N) is 5. The van der Waals surface area contributed by atoms with Gasteiger partial charge in [-0.1, -0.05) is 12.1 Å². The van der Waals surface area contributed by atoms with Crippen molar-refractivity contribution in [3.8, 4) is 5.69 Å². The van der Waals surface area contributed by atoms with Gasteiger partial charge in [0.25, 0.3) is 0 Å². The molecule has 8 heteroatoms. The number of pyridine rings is 1. The van der Waals surface area contributed by atoms with Crippen LogP contribution in [0.5, 0.6) is 0 Å². The molecule has 0 amide bonds. The van der Waals surface area contributed by atoms with Gasteiger partial charge in [-0.15, -0.1) is 0 Å². The molecule has 0 saturated carbocycles. The van der Waals surface area contributed by atoms with E-state index in [1.165, 1.54) is 11.1 Å². The van der Waals surface area contributed by atoms with E-state index >= 15 is 0 Å². The quantitative estimate of drug-likeness (QED) is 0.377. The number of hydrogen-bond acceptors (Lipinski definition) is 6. The molecule has 0 radical (unpaired) electrons. The fourth-order valence-electron chi connectivity index (χ4n) is 4.41. The Hall–Kier alpha value is -3.88. The van der Waals surface area contributed by atoms with Gasteiger partial charge in [-0.05, 0) is 67.8 Å². The Morgan fingerprint density at radius 1 is 1.03 bits per heavy atom. The molecule has 1 N–H and O–H groups in total. The molecule has 0 spiro atoms. The molecule has 0 saturated heterocycles. The van der Waals surface area contributed by atoms with Crippen LogP contribution in [0.3, 0.4) is 0 Å². The van der Waals surface area contributed by atoms with Gasteiger partial charge in [0, 0.05) is 32.5 Å². The van der Waals surface area contributed by atoms with Crippen LogP contribution in [0.4, 0.5) is 11.4 Å². The Balaban J connectivity index is 1.53. The molecule has 5 rings (SSSR count). The van der Waals surface area contributed by atoms with Crippen molar-refractivity contribution in [3.05, 3.63) is 77.4 Å². The first-order valence-corrected chi connectivity index (χ1v) is 11.9. The maximum atomic E-state index is 5.33. The molecule has 1 aliphatic rings. The highest BCUT2D eigenvalue weighted by molar-refractivity contribution is 6.18. The SMILES string of the molecule is COC(CN=C1CC(c2ccc(-n3c(C)nc4cnccc43)cc2)=Nc2cc(C)c(C)cc2N1)OC. The molecule has 0 atom stereocenters. The minimum absolute atomic E-state index is 0.392. The average molecular weight is 483 g/mol. The van der Waals surface area contributed by atoms with Gasteiger partial charge in [0.2, 0.25) is 0 Å². The number of aliphatic imine (C=N–C) groups is 2. The monoisotopic (exact) mass is 482 g/mol. The highest BCUT2D eigenvalue weighted by Gasteiger charge is 2.18. The Morgan fingerprint density at radius 2 is 1.78 bits per heavy atom. The molecule has 8 nitrogen and oxygen atoms in total. The van der Waals surface area contributed by atoms with Crippen molar-refractivity contribution >= 4 is 34.0 Å². The van der Waals surface area contributed by atoms with E-state index in [9.17, 15) is 0 Å². The smallest absolute Gasteiger partial charge is 0.176 e. The summed E-state index contributed by atoms with van der Waals surface area (Å²) in [5, 5.41) is 3.50. The number of methoxy groups -OCH3 is 2. The lowest BCUT2D eigenvalue weighted by Crippen LogP contribution is -2.21. The third-order valence-electron chi connectivity index (χ3n) is 6.52. The molecule has 3 heterocycles. The first-order valence-electron chi connectivity index (χ1n) is 11.9. The number of rotatable bonds is 6. The van der Waals surface area contributed by atoms with Gasteiger partial charge >= 0.3 is 0 Å². The Kier molecular flexibility index (Phi) is 6.63. The van der Waals surface area contributed by atoms with Crippen LogP contribution in [0.2, 0.25) is 0 Å².